The topological polar surface area (TPSA) is 74.5 Å². The van der Waals surface area contributed by atoms with Crippen molar-refractivity contribution in [2.45, 2.75) is 39.7 Å². The maximum Gasteiger partial charge on any atom is 0.339 e. The lowest BCUT2D eigenvalue weighted by molar-refractivity contribution is -0.132. The van der Waals surface area contributed by atoms with Gasteiger partial charge in [-0.25, -0.2) is 9.79 Å². The first-order valence-corrected chi connectivity index (χ1v) is 10.4. The molecule has 2 atom stereocenters. The average molecular weight is 418 g/mol. The molecule has 0 amide bonds. The van der Waals surface area contributed by atoms with E-state index in [2.05, 4.69) is 14.9 Å². The van der Waals surface area contributed by atoms with E-state index in [9.17, 15) is 9.90 Å². The van der Waals surface area contributed by atoms with E-state index < -0.39 is 5.97 Å². The van der Waals surface area contributed by atoms with Crippen LogP contribution in [0, 0.1) is 11.8 Å². The summed E-state index contributed by atoms with van der Waals surface area (Å²) in [6.45, 7) is 6.36. The lowest BCUT2D eigenvalue weighted by Crippen LogP contribution is -2.28. The molecule has 0 aromatic heterocycles. The smallest absolute Gasteiger partial charge is 0.339 e. The molecule has 1 saturated heterocycles. The number of carbonyl (C=O) groups is 1. The molecule has 0 spiro atoms. The van der Waals surface area contributed by atoms with Crippen LogP contribution in [0.2, 0.25) is 5.02 Å². The lowest BCUT2D eigenvalue weighted by Gasteiger charge is -2.18. The molecule has 0 radical (unpaired) electrons. The molecular weight excluding hydrogens is 390 g/mol. The Balaban J connectivity index is 1.78. The van der Waals surface area contributed by atoms with E-state index in [0.29, 0.717) is 29.4 Å². The van der Waals surface area contributed by atoms with Gasteiger partial charge in [-0.05, 0) is 49.3 Å². The summed E-state index contributed by atoms with van der Waals surface area (Å²) in [6, 6.07) is 5.45. The van der Waals surface area contributed by atoms with Crippen LogP contribution in [0.3, 0.4) is 0 Å². The highest BCUT2D eigenvalue weighted by atomic mass is 35.5. The van der Waals surface area contributed by atoms with Crippen molar-refractivity contribution >= 4 is 29.1 Å². The van der Waals surface area contributed by atoms with Crippen LogP contribution in [-0.4, -0.2) is 47.7 Å². The van der Waals surface area contributed by atoms with Gasteiger partial charge in [0.1, 0.15) is 11.6 Å². The van der Waals surface area contributed by atoms with E-state index in [1.165, 1.54) is 12.6 Å². The molecule has 1 aromatic carbocycles. The predicted molar refractivity (Wildman–Crippen MR) is 116 cm³/mol. The number of fused-ring (bicyclic) bond motifs is 1. The van der Waals surface area contributed by atoms with Gasteiger partial charge in [0.05, 0.1) is 30.0 Å². The van der Waals surface area contributed by atoms with E-state index >= 15 is 0 Å². The number of hydrogen-bond acceptors (Lipinski definition) is 4. The minimum atomic E-state index is -1.01. The van der Waals surface area contributed by atoms with Crippen LogP contribution in [0.5, 0.6) is 5.75 Å². The van der Waals surface area contributed by atoms with E-state index in [0.717, 1.165) is 42.7 Å². The molecule has 7 heteroatoms. The Morgan fingerprint density at radius 1 is 1.38 bits per heavy atom. The summed E-state index contributed by atoms with van der Waals surface area (Å²) < 4.78 is 5.17. The first kappa shape index (κ1) is 21.4. The molecule has 2 aliphatic rings. The van der Waals surface area contributed by atoms with Crippen molar-refractivity contribution in [3.63, 3.8) is 0 Å². The molecule has 1 aliphatic heterocycles. The summed E-state index contributed by atoms with van der Waals surface area (Å²) in [7, 11) is 1.57. The summed E-state index contributed by atoms with van der Waals surface area (Å²) in [5.41, 5.74) is 1.59. The minimum Gasteiger partial charge on any atom is -0.495 e. The van der Waals surface area contributed by atoms with Gasteiger partial charge in [0.2, 0.25) is 0 Å². The maximum absolute atomic E-state index is 11.9. The Hall–Kier alpha value is -2.34. The number of nitrogens with zero attached hydrogens (tertiary/aromatic N) is 3. The molecule has 2 unspecified atom stereocenters. The summed E-state index contributed by atoms with van der Waals surface area (Å²) in [5, 5.41) is 10.2. The molecule has 1 aliphatic carbocycles. The number of aliphatic imine (C=N–C) groups is 2. The number of ether oxygens (including phenoxy) is 1. The van der Waals surface area contributed by atoms with Crippen LogP contribution >= 0.6 is 11.6 Å². The van der Waals surface area contributed by atoms with Gasteiger partial charge in [0, 0.05) is 19.3 Å². The van der Waals surface area contributed by atoms with Gasteiger partial charge in [-0.15, -0.1) is 0 Å². The number of carboxylic acids is 1. The molecule has 156 valence electrons. The number of hydrogen-bond donors (Lipinski definition) is 1. The van der Waals surface area contributed by atoms with Gasteiger partial charge in [-0.1, -0.05) is 31.0 Å². The van der Waals surface area contributed by atoms with Crippen LogP contribution in [0.1, 0.15) is 38.7 Å². The number of halogens is 1. The Bertz CT molecular complexity index is 853. The van der Waals surface area contributed by atoms with Gasteiger partial charge in [-0.3, -0.25) is 4.99 Å². The summed E-state index contributed by atoms with van der Waals surface area (Å²) in [4.78, 5) is 23.2. The van der Waals surface area contributed by atoms with E-state index in [1.807, 2.05) is 19.9 Å². The Kier molecular flexibility index (Phi) is 6.96. The highest BCUT2D eigenvalue weighted by Crippen LogP contribution is 2.44. The summed E-state index contributed by atoms with van der Waals surface area (Å²) >= 11 is 6.18. The van der Waals surface area contributed by atoms with Crippen molar-refractivity contribution in [3.8, 4) is 5.75 Å². The maximum atomic E-state index is 11.9. The third kappa shape index (κ3) is 5.38. The number of benzene rings is 1. The molecule has 2 fully saturated rings. The molecule has 1 aromatic rings. The number of rotatable bonds is 8. The number of carboxylic acid groups (broad SMARTS) is 1. The minimum absolute atomic E-state index is 0.148. The van der Waals surface area contributed by atoms with Crippen molar-refractivity contribution in [2.24, 2.45) is 21.8 Å². The number of amidine groups is 1. The second-order valence-electron chi connectivity index (χ2n) is 7.67. The highest BCUT2D eigenvalue weighted by molar-refractivity contribution is 6.32. The quantitative estimate of drug-likeness (QED) is 0.385. The number of likely N-dealkylation sites (tertiary alicyclic amines) is 1. The third-order valence-corrected chi connectivity index (χ3v) is 5.81. The summed E-state index contributed by atoms with van der Waals surface area (Å²) in [6.07, 6.45) is 4.15. The zero-order valence-corrected chi connectivity index (χ0v) is 17.9. The van der Waals surface area contributed by atoms with Crippen LogP contribution < -0.4 is 4.74 Å². The van der Waals surface area contributed by atoms with Gasteiger partial charge >= 0.3 is 5.97 Å². The van der Waals surface area contributed by atoms with E-state index in [4.69, 9.17) is 16.3 Å². The standard InChI is InChI=1S/C22H28ClN3O3/c1-4-5-20(25-10-15-6-7-21(29-3)19(23)8-15)18(22(27)28)11-24-14(2)26-12-16-9-17(16)13-26/h6-8,11,16-17H,4-5,9-10,12-13H2,1-3H3,(H,27,28)/b18-11+,24-14?,25-20?. The van der Waals surface area contributed by atoms with Gasteiger partial charge in [0.25, 0.3) is 0 Å². The second kappa shape index (κ2) is 9.44. The van der Waals surface area contributed by atoms with Crippen molar-refractivity contribution in [1.29, 1.82) is 0 Å². The first-order chi connectivity index (χ1) is 13.9. The van der Waals surface area contributed by atoms with Crippen LogP contribution in [-0.2, 0) is 11.3 Å². The van der Waals surface area contributed by atoms with Gasteiger partial charge in [-0.2, -0.15) is 0 Å². The Labute approximate surface area is 176 Å². The first-order valence-electron chi connectivity index (χ1n) is 10.0. The fourth-order valence-electron chi connectivity index (χ4n) is 3.69. The molecule has 0 bridgehead atoms. The fourth-order valence-corrected chi connectivity index (χ4v) is 3.97. The largest absolute Gasteiger partial charge is 0.495 e. The zero-order chi connectivity index (χ0) is 21.0. The molecular formula is C22H28ClN3O3. The Morgan fingerprint density at radius 3 is 2.69 bits per heavy atom. The lowest BCUT2D eigenvalue weighted by atomic mass is 10.1. The average Bonchev–Trinajstić information content (AvgIpc) is 3.30. The van der Waals surface area contributed by atoms with E-state index in [-0.39, 0.29) is 5.57 Å². The molecule has 1 saturated carbocycles. The SMILES string of the molecule is CCCC(=NCc1ccc(OC)c(Cl)c1)/C(=C\N=C(C)N1CC2CC2C1)C(=O)O. The van der Waals surface area contributed by atoms with E-state index in [1.54, 1.807) is 19.2 Å². The second-order valence-corrected chi connectivity index (χ2v) is 8.07. The highest BCUT2D eigenvalue weighted by Gasteiger charge is 2.45. The monoisotopic (exact) mass is 417 g/mol. The predicted octanol–water partition coefficient (Wildman–Crippen LogP) is 4.43. The molecule has 3 rings (SSSR count). The molecule has 1 heterocycles. The van der Waals surface area contributed by atoms with Gasteiger partial charge < -0.3 is 14.7 Å². The van der Waals surface area contributed by atoms with Crippen molar-refractivity contribution in [3.05, 3.63) is 40.6 Å². The van der Waals surface area contributed by atoms with Crippen LogP contribution in [0.4, 0.5) is 0 Å². The number of aliphatic carboxylic acids is 1. The van der Waals surface area contributed by atoms with Crippen molar-refractivity contribution in [2.75, 3.05) is 20.2 Å². The van der Waals surface area contributed by atoms with Crippen molar-refractivity contribution in [1.82, 2.24) is 4.90 Å². The zero-order valence-electron chi connectivity index (χ0n) is 17.2. The third-order valence-electron chi connectivity index (χ3n) is 5.51. The van der Waals surface area contributed by atoms with Crippen molar-refractivity contribution < 1.29 is 14.6 Å². The number of piperidine rings is 1. The molecule has 1 N–H and O–H groups in total. The molecule has 29 heavy (non-hydrogen) atoms. The van der Waals surface area contributed by atoms with Crippen LogP contribution in [0.25, 0.3) is 0 Å². The summed E-state index contributed by atoms with van der Waals surface area (Å²) in [5.74, 6) is 2.07. The fraction of sp³-hybridized carbons (Fsp3) is 0.500. The van der Waals surface area contributed by atoms with Gasteiger partial charge in [0.15, 0.2) is 0 Å². The van der Waals surface area contributed by atoms with Crippen LogP contribution in [0.15, 0.2) is 40.0 Å². The Morgan fingerprint density at radius 2 is 2.10 bits per heavy atom. The molecule has 6 nitrogen and oxygen atoms in total. The number of methoxy groups -OCH3 is 1. The normalized spacial score (nSPS) is 21.9.